The Morgan fingerprint density at radius 2 is 2.05 bits per heavy atom. The van der Waals surface area contributed by atoms with E-state index in [9.17, 15) is 9.90 Å². The van der Waals surface area contributed by atoms with Gasteiger partial charge in [-0.3, -0.25) is 0 Å². The van der Waals surface area contributed by atoms with Gasteiger partial charge in [-0.05, 0) is 25.2 Å². The van der Waals surface area contributed by atoms with Crippen LogP contribution in [0.3, 0.4) is 0 Å². The van der Waals surface area contributed by atoms with Crippen molar-refractivity contribution in [2.24, 2.45) is 0 Å². The smallest absolute Gasteiger partial charge is 0.335 e. The fraction of sp³-hybridized carbons (Fsp3) is 0.412. The van der Waals surface area contributed by atoms with Crippen LogP contribution in [-0.4, -0.2) is 44.1 Å². The van der Waals surface area contributed by atoms with Crippen LogP contribution in [0.5, 0.6) is 0 Å². The minimum atomic E-state index is -0.611. The first kappa shape index (κ1) is 16.1. The molecule has 0 amide bonds. The van der Waals surface area contributed by atoms with E-state index in [0.717, 1.165) is 19.5 Å². The molecule has 0 fully saturated rings. The summed E-state index contributed by atoms with van der Waals surface area (Å²) in [6.07, 6.45) is 4.19. The molecule has 0 aliphatic carbocycles. The summed E-state index contributed by atoms with van der Waals surface area (Å²) in [7, 11) is 2.53. The second-order valence-electron chi connectivity index (χ2n) is 5.18. The molecule has 0 radical (unpaired) electrons. The Morgan fingerprint density at radius 3 is 2.77 bits per heavy atom. The lowest BCUT2D eigenvalue weighted by Crippen LogP contribution is -2.24. The van der Waals surface area contributed by atoms with E-state index in [4.69, 9.17) is 0 Å². The SMILES string of the molecule is COC(=O)/C(CCC[N+]1=Cc2ccccc2CC1)=C(/[O-])OC. The van der Waals surface area contributed by atoms with Crippen molar-refractivity contribution in [2.75, 3.05) is 27.3 Å². The molecule has 0 bridgehead atoms. The highest BCUT2D eigenvalue weighted by atomic mass is 16.6. The van der Waals surface area contributed by atoms with E-state index < -0.39 is 11.9 Å². The van der Waals surface area contributed by atoms with Gasteiger partial charge in [-0.2, -0.15) is 0 Å². The third-order valence-corrected chi connectivity index (χ3v) is 3.78. The molecule has 0 unspecified atom stereocenters. The quantitative estimate of drug-likeness (QED) is 0.338. The van der Waals surface area contributed by atoms with Crippen molar-refractivity contribution in [2.45, 2.75) is 19.3 Å². The Morgan fingerprint density at radius 1 is 1.27 bits per heavy atom. The summed E-state index contributed by atoms with van der Waals surface area (Å²) in [6.45, 7) is 1.73. The summed E-state index contributed by atoms with van der Waals surface area (Å²) >= 11 is 0. The van der Waals surface area contributed by atoms with Crippen molar-refractivity contribution in [3.63, 3.8) is 0 Å². The number of nitrogens with zero attached hydrogens (tertiary/aromatic N) is 1. The molecule has 0 N–H and O–H groups in total. The van der Waals surface area contributed by atoms with Crippen molar-refractivity contribution < 1.29 is 24.0 Å². The van der Waals surface area contributed by atoms with E-state index in [1.54, 1.807) is 0 Å². The van der Waals surface area contributed by atoms with Crippen LogP contribution in [-0.2, 0) is 20.7 Å². The summed E-state index contributed by atoms with van der Waals surface area (Å²) in [4.78, 5) is 11.6. The van der Waals surface area contributed by atoms with Crippen LogP contribution >= 0.6 is 0 Å². The van der Waals surface area contributed by atoms with E-state index in [0.29, 0.717) is 12.8 Å². The molecule has 1 heterocycles. The third kappa shape index (κ3) is 3.87. The number of fused-ring (bicyclic) bond motifs is 1. The average Bonchev–Trinajstić information content (AvgIpc) is 2.57. The molecule has 1 aromatic rings. The van der Waals surface area contributed by atoms with Crippen molar-refractivity contribution >= 4 is 12.2 Å². The van der Waals surface area contributed by atoms with Crippen LogP contribution < -0.4 is 5.11 Å². The molecular weight excluding hydrogens is 282 g/mol. The van der Waals surface area contributed by atoms with E-state index in [1.165, 1.54) is 25.3 Å². The maximum atomic E-state index is 11.6. The first-order valence-corrected chi connectivity index (χ1v) is 7.35. The molecule has 5 nitrogen and oxygen atoms in total. The fourth-order valence-electron chi connectivity index (χ4n) is 2.58. The van der Waals surface area contributed by atoms with Crippen LogP contribution in [0.15, 0.2) is 35.8 Å². The normalized spacial score (nSPS) is 14.5. The highest BCUT2D eigenvalue weighted by Crippen LogP contribution is 2.14. The molecule has 0 spiro atoms. The molecule has 1 aromatic carbocycles. The highest BCUT2D eigenvalue weighted by Gasteiger charge is 2.17. The molecule has 1 aliphatic heterocycles. The van der Waals surface area contributed by atoms with Gasteiger partial charge in [0.05, 0.1) is 18.6 Å². The zero-order chi connectivity index (χ0) is 15.9. The summed E-state index contributed by atoms with van der Waals surface area (Å²) < 4.78 is 11.5. The molecule has 0 atom stereocenters. The Hall–Kier alpha value is -2.30. The van der Waals surface area contributed by atoms with Gasteiger partial charge in [0.1, 0.15) is 13.1 Å². The largest absolute Gasteiger partial charge is 0.616 e. The van der Waals surface area contributed by atoms with Gasteiger partial charge in [0.15, 0.2) is 6.21 Å². The third-order valence-electron chi connectivity index (χ3n) is 3.78. The number of hydrogen-bond acceptors (Lipinski definition) is 4. The van der Waals surface area contributed by atoms with Crippen LogP contribution in [0, 0.1) is 0 Å². The van der Waals surface area contributed by atoms with Crippen LogP contribution in [0.1, 0.15) is 24.0 Å². The Bertz CT molecular complexity index is 604. The van der Waals surface area contributed by atoms with Gasteiger partial charge in [0, 0.05) is 18.4 Å². The number of ether oxygens (including phenoxy) is 2. The number of methoxy groups -OCH3 is 2. The van der Waals surface area contributed by atoms with E-state index in [2.05, 4.69) is 38.5 Å². The molecular formula is C17H21NO4. The maximum absolute atomic E-state index is 11.6. The number of esters is 1. The lowest BCUT2D eigenvalue weighted by molar-refractivity contribution is -0.524. The minimum Gasteiger partial charge on any atom is -0.616 e. The van der Waals surface area contributed by atoms with Gasteiger partial charge in [-0.25, -0.2) is 9.37 Å². The maximum Gasteiger partial charge on any atom is 0.335 e. The monoisotopic (exact) mass is 303 g/mol. The molecule has 0 saturated heterocycles. The number of benzene rings is 1. The highest BCUT2D eigenvalue weighted by molar-refractivity contribution is 5.88. The number of hydrogen-bond donors (Lipinski definition) is 0. The van der Waals surface area contributed by atoms with Gasteiger partial charge in [0.25, 0.3) is 0 Å². The Labute approximate surface area is 130 Å². The second-order valence-corrected chi connectivity index (χ2v) is 5.18. The number of rotatable bonds is 6. The minimum absolute atomic E-state index is 0.0717. The summed E-state index contributed by atoms with van der Waals surface area (Å²) in [5, 5.41) is 11.6. The first-order valence-electron chi connectivity index (χ1n) is 7.35. The van der Waals surface area contributed by atoms with Gasteiger partial charge < -0.3 is 14.6 Å². The molecule has 22 heavy (non-hydrogen) atoms. The average molecular weight is 303 g/mol. The van der Waals surface area contributed by atoms with Crippen LogP contribution in [0.4, 0.5) is 0 Å². The molecule has 2 rings (SSSR count). The van der Waals surface area contributed by atoms with Crippen molar-refractivity contribution in [1.29, 1.82) is 0 Å². The van der Waals surface area contributed by atoms with Gasteiger partial charge in [0.2, 0.25) is 0 Å². The zero-order valence-electron chi connectivity index (χ0n) is 13.0. The summed E-state index contributed by atoms with van der Waals surface area (Å²) in [5.74, 6) is -1.22. The zero-order valence-corrected chi connectivity index (χ0v) is 13.0. The predicted octanol–water partition coefficient (Wildman–Crippen LogP) is 0.846. The lowest BCUT2D eigenvalue weighted by atomic mass is 10.0. The number of carbonyl (C=O) groups is 1. The molecule has 5 heteroatoms. The van der Waals surface area contributed by atoms with Crippen molar-refractivity contribution in [3.05, 3.63) is 46.9 Å². The van der Waals surface area contributed by atoms with Gasteiger partial charge >= 0.3 is 5.97 Å². The molecule has 0 aromatic heterocycles. The number of carbonyl (C=O) groups excluding carboxylic acids is 1. The lowest BCUT2D eigenvalue weighted by Gasteiger charge is -2.15. The topological polar surface area (TPSA) is 61.6 Å². The van der Waals surface area contributed by atoms with E-state index in [-0.39, 0.29) is 5.57 Å². The fourth-order valence-corrected chi connectivity index (χ4v) is 2.58. The standard InChI is InChI=1S/C17H21NO4/c1-21-16(19)15(17(20)22-2)8-5-10-18-11-9-13-6-3-4-7-14(13)12-18/h3-4,6-7,12H,5,8-11H2,1-2H3. The van der Waals surface area contributed by atoms with Crippen LogP contribution in [0.2, 0.25) is 0 Å². The van der Waals surface area contributed by atoms with Gasteiger partial charge in [-0.15, -0.1) is 0 Å². The molecule has 1 aliphatic rings. The molecule has 0 saturated carbocycles. The van der Waals surface area contributed by atoms with E-state index in [1.807, 2.05) is 6.07 Å². The Kier molecular flexibility index (Phi) is 5.58. The van der Waals surface area contributed by atoms with Crippen LogP contribution in [0.25, 0.3) is 0 Å². The summed E-state index contributed by atoms with van der Waals surface area (Å²) in [6, 6.07) is 8.32. The van der Waals surface area contributed by atoms with Gasteiger partial charge in [-0.1, -0.05) is 18.2 Å². The van der Waals surface area contributed by atoms with Crippen molar-refractivity contribution in [1.82, 2.24) is 0 Å². The summed E-state index contributed by atoms with van der Waals surface area (Å²) in [5.41, 5.74) is 2.66. The Balaban J connectivity index is 1.96. The second kappa shape index (κ2) is 7.64. The first-order chi connectivity index (χ1) is 10.7. The molecule has 118 valence electrons. The van der Waals surface area contributed by atoms with E-state index >= 15 is 0 Å². The predicted molar refractivity (Wildman–Crippen MR) is 80.6 cm³/mol. The van der Waals surface area contributed by atoms with Crippen molar-refractivity contribution in [3.8, 4) is 0 Å².